The molecule has 1 aliphatic heterocycles. The van der Waals surface area contributed by atoms with Gasteiger partial charge in [-0.3, -0.25) is 9.59 Å². The number of halogens is 1. The lowest BCUT2D eigenvalue weighted by Gasteiger charge is -2.24. The van der Waals surface area contributed by atoms with E-state index in [2.05, 4.69) is 4.98 Å². The average Bonchev–Trinajstić information content (AvgIpc) is 3.05. The zero-order valence-corrected chi connectivity index (χ0v) is 15.5. The Bertz CT molecular complexity index is 890. The van der Waals surface area contributed by atoms with Gasteiger partial charge in [-0.25, -0.2) is 4.98 Å². The van der Waals surface area contributed by atoms with Gasteiger partial charge in [-0.2, -0.15) is 5.26 Å². The number of fused-ring (bicyclic) bond motifs is 1. The highest BCUT2D eigenvalue weighted by Gasteiger charge is 2.30. The summed E-state index contributed by atoms with van der Waals surface area (Å²) >= 11 is 7.20. The fourth-order valence-electron chi connectivity index (χ4n) is 2.63. The van der Waals surface area contributed by atoms with Crippen molar-refractivity contribution in [3.05, 3.63) is 44.9 Å². The van der Waals surface area contributed by atoms with Crippen molar-refractivity contribution >= 4 is 34.7 Å². The number of benzene rings is 1. The second-order valence-corrected chi connectivity index (χ2v) is 7.25. The van der Waals surface area contributed by atoms with Crippen molar-refractivity contribution in [2.45, 2.75) is 19.3 Å². The number of carbonyl (C=O) groups is 2. The molecular weight excluding hydrogens is 376 g/mol. The minimum absolute atomic E-state index is 0.176. The van der Waals surface area contributed by atoms with E-state index in [0.717, 1.165) is 11.3 Å². The lowest BCUT2D eigenvalue weighted by molar-refractivity contribution is -0.153. The summed E-state index contributed by atoms with van der Waals surface area (Å²) in [6, 6.07) is 7.15. The molecule has 2 atom stereocenters. The van der Waals surface area contributed by atoms with Crippen LogP contribution in [0.15, 0.2) is 23.6 Å². The number of hydrogen-bond acceptors (Lipinski definition) is 7. The van der Waals surface area contributed by atoms with Crippen molar-refractivity contribution in [3.63, 3.8) is 0 Å². The first kappa shape index (κ1) is 18.4. The largest absolute Gasteiger partial charge is 0.492 e. The third-order valence-electron chi connectivity index (χ3n) is 3.95. The molecule has 0 aliphatic carbocycles. The highest BCUT2D eigenvalue weighted by molar-refractivity contribution is 7.09. The number of aromatic nitrogens is 1. The number of carbonyl (C=O) groups excluding carboxylic acids is 2. The Hall–Kier alpha value is -2.43. The van der Waals surface area contributed by atoms with Gasteiger partial charge < -0.3 is 9.47 Å². The van der Waals surface area contributed by atoms with Crippen LogP contribution < -0.4 is 4.74 Å². The number of ketones is 1. The normalized spacial score (nSPS) is 16.7. The summed E-state index contributed by atoms with van der Waals surface area (Å²) in [6.07, 6.45) is 0.427. The van der Waals surface area contributed by atoms with Crippen molar-refractivity contribution < 1.29 is 19.1 Å². The number of rotatable bonds is 5. The van der Waals surface area contributed by atoms with Gasteiger partial charge in [0.25, 0.3) is 0 Å². The summed E-state index contributed by atoms with van der Waals surface area (Å²) in [7, 11) is 0. The number of Topliss-reactive ketones (excluding diaryl/α,β-unsaturated/α-hetero) is 1. The molecule has 3 rings (SSSR count). The maximum Gasteiger partial charge on any atom is 0.313 e. The second-order valence-electron chi connectivity index (χ2n) is 5.93. The van der Waals surface area contributed by atoms with Gasteiger partial charge >= 0.3 is 5.97 Å². The molecule has 0 fully saturated rings. The van der Waals surface area contributed by atoms with Crippen LogP contribution in [0.25, 0.3) is 0 Å². The molecule has 134 valence electrons. The van der Waals surface area contributed by atoms with Crippen LogP contribution in [0.1, 0.15) is 22.2 Å². The van der Waals surface area contributed by atoms with E-state index in [1.807, 2.05) is 6.07 Å². The second kappa shape index (κ2) is 7.85. The molecule has 0 unspecified atom stereocenters. The number of nitriles is 1. The number of thiazole rings is 1. The number of esters is 1. The maximum absolute atomic E-state index is 12.3. The van der Waals surface area contributed by atoms with Crippen molar-refractivity contribution in [1.82, 2.24) is 4.98 Å². The number of ether oxygens (including phenoxy) is 2. The van der Waals surface area contributed by atoms with Crippen LogP contribution in [0.4, 0.5) is 0 Å². The molecule has 2 aromatic rings. The Morgan fingerprint density at radius 1 is 1.54 bits per heavy atom. The zero-order valence-electron chi connectivity index (χ0n) is 13.9. The van der Waals surface area contributed by atoms with E-state index in [9.17, 15) is 14.9 Å². The van der Waals surface area contributed by atoms with Gasteiger partial charge in [0.05, 0.1) is 12.0 Å². The summed E-state index contributed by atoms with van der Waals surface area (Å²) in [5, 5.41) is 12.0. The smallest absolute Gasteiger partial charge is 0.313 e. The van der Waals surface area contributed by atoms with E-state index in [4.69, 9.17) is 21.1 Å². The van der Waals surface area contributed by atoms with Gasteiger partial charge in [-0.15, -0.1) is 11.3 Å². The molecule has 0 saturated heterocycles. The molecule has 1 aromatic carbocycles. The van der Waals surface area contributed by atoms with Gasteiger partial charge in [0.15, 0.2) is 18.3 Å². The third kappa shape index (κ3) is 4.03. The predicted molar refractivity (Wildman–Crippen MR) is 95.3 cm³/mol. The first-order valence-electron chi connectivity index (χ1n) is 7.90. The highest BCUT2D eigenvalue weighted by atomic mass is 35.5. The minimum atomic E-state index is -1.02. The fraction of sp³-hybridized carbons (Fsp3) is 0.333. The molecule has 0 N–H and O–H groups in total. The summed E-state index contributed by atoms with van der Waals surface area (Å²) in [5.41, 5.74) is 1.57. The first-order chi connectivity index (χ1) is 12.5. The number of hydrogen-bond donors (Lipinski definition) is 0. The topological polar surface area (TPSA) is 89.3 Å². The molecule has 6 nitrogen and oxygen atoms in total. The van der Waals surface area contributed by atoms with E-state index < -0.39 is 30.2 Å². The molecule has 8 heteroatoms. The maximum atomic E-state index is 12.3. The van der Waals surface area contributed by atoms with E-state index in [0.29, 0.717) is 22.2 Å². The van der Waals surface area contributed by atoms with Gasteiger partial charge in [0, 0.05) is 16.1 Å². The third-order valence-corrected chi connectivity index (χ3v) is 5.22. The molecule has 2 heterocycles. The Morgan fingerprint density at radius 3 is 3.04 bits per heavy atom. The van der Waals surface area contributed by atoms with Crippen LogP contribution in [0, 0.1) is 24.2 Å². The van der Waals surface area contributed by atoms with Crippen LogP contribution in [0.3, 0.4) is 0 Å². The van der Waals surface area contributed by atoms with Crippen LogP contribution >= 0.6 is 22.9 Å². The molecule has 1 aliphatic rings. The summed E-state index contributed by atoms with van der Waals surface area (Å²) in [4.78, 5) is 28.7. The summed E-state index contributed by atoms with van der Waals surface area (Å²) in [5.74, 6) is -1.87. The Kier molecular flexibility index (Phi) is 5.55. The molecule has 0 amide bonds. The molecule has 0 spiro atoms. The minimum Gasteiger partial charge on any atom is -0.492 e. The lowest BCUT2D eigenvalue weighted by atomic mass is 9.97. The number of aryl methyl sites for hydroxylation is 1. The van der Waals surface area contributed by atoms with Crippen LogP contribution in [-0.4, -0.2) is 30.0 Å². The van der Waals surface area contributed by atoms with Crippen molar-refractivity contribution in [3.8, 4) is 11.8 Å². The fourth-order valence-corrected chi connectivity index (χ4v) is 3.68. The molecular formula is C18H15ClN2O4S. The van der Waals surface area contributed by atoms with Crippen molar-refractivity contribution in [2.75, 3.05) is 13.2 Å². The van der Waals surface area contributed by atoms with E-state index >= 15 is 0 Å². The van der Waals surface area contributed by atoms with Gasteiger partial charge in [0.1, 0.15) is 17.4 Å². The Labute approximate surface area is 159 Å². The Balaban J connectivity index is 1.58. The Morgan fingerprint density at radius 2 is 2.35 bits per heavy atom. The van der Waals surface area contributed by atoms with E-state index in [1.165, 1.54) is 11.3 Å². The molecule has 0 bridgehead atoms. The van der Waals surface area contributed by atoms with Crippen LogP contribution in [0.2, 0.25) is 5.02 Å². The predicted octanol–water partition coefficient (Wildman–Crippen LogP) is 3.08. The van der Waals surface area contributed by atoms with Crippen LogP contribution in [-0.2, 0) is 20.7 Å². The van der Waals surface area contributed by atoms with Gasteiger partial charge in [-0.1, -0.05) is 11.6 Å². The van der Waals surface area contributed by atoms with Gasteiger partial charge in [-0.05, 0) is 37.1 Å². The first-order valence-corrected chi connectivity index (χ1v) is 9.16. The van der Waals surface area contributed by atoms with Crippen molar-refractivity contribution in [2.24, 2.45) is 5.92 Å². The zero-order chi connectivity index (χ0) is 18.7. The lowest BCUT2D eigenvalue weighted by Crippen LogP contribution is -2.31. The van der Waals surface area contributed by atoms with E-state index in [1.54, 1.807) is 30.5 Å². The standard InChI is InChI=1S/C18H15ClN2O4S/c1-10-9-26-17(21-10)14(6-20)15(22)8-25-18(23)12-4-11-5-13(19)2-3-16(11)24-7-12/h2-3,5,9,12,14H,4,7-8H2,1H3/t12-,14+/m0/s1. The van der Waals surface area contributed by atoms with Gasteiger partial charge in [0.2, 0.25) is 0 Å². The SMILES string of the molecule is Cc1csc([C@H](C#N)C(=O)COC(=O)[C@@H]2COc3ccc(Cl)cc3C2)n1. The van der Waals surface area contributed by atoms with Crippen molar-refractivity contribution in [1.29, 1.82) is 5.26 Å². The molecule has 0 radical (unpaired) electrons. The molecule has 1 aromatic heterocycles. The number of nitrogens with zero attached hydrogens (tertiary/aromatic N) is 2. The monoisotopic (exact) mass is 390 g/mol. The molecule has 26 heavy (non-hydrogen) atoms. The summed E-state index contributed by atoms with van der Waals surface area (Å²) in [6.45, 7) is 1.50. The van der Waals surface area contributed by atoms with E-state index in [-0.39, 0.29) is 6.61 Å². The van der Waals surface area contributed by atoms with Crippen LogP contribution in [0.5, 0.6) is 5.75 Å². The highest BCUT2D eigenvalue weighted by Crippen LogP contribution is 2.30. The molecule has 0 saturated carbocycles. The summed E-state index contributed by atoms with van der Waals surface area (Å²) < 4.78 is 10.7. The average molecular weight is 391 g/mol. The quantitative estimate of drug-likeness (QED) is 0.729.